The van der Waals surface area contributed by atoms with E-state index in [2.05, 4.69) is 57.8 Å². The van der Waals surface area contributed by atoms with E-state index in [0.29, 0.717) is 19.1 Å². The van der Waals surface area contributed by atoms with Crippen LogP contribution < -0.4 is 10.6 Å². The summed E-state index contributed by atoms with van der Waals surface area (Å²) in [6.07, 6.45) is 3.12. The Kier molecular flexibility index (Phi) is 12.2. The highest BCUT2D eigenvalue weighted by Gasteiger charge is 2.35. The summed E-state index contributed by atoms with van der Waals surface area (Å²) < 4.78 is 16.5. The van der Waals surface area contributed by atoms with Gasteiger partial charge in [0.15, 0.2) is 5.96 Å². The Labute approximate surface area is 210 Å². The van der Waals surface area contributed by atoms with Crippen molar-refractivity contribution in [2.24, 2.45) is 10.9 Å². The zero-order valence-electron chi connectivity index (χ0n) is 19.8. The van der Waals surface area contributed by atoms with E-state index in [1.54, 1.807) is 7.11 Å². The first-order chi connectivity index (χ1) is 15.2. The van der Waals surface area contributed by atoms with Gasteiger partial charge in [-0.25, -0.2) is 0 Å². The largest absolute Gasteiger partial charge is 0.382 e. The molecule has 3 rings (SSSR count). The second-order valence-corrected chi connectivity index (χ2v) is 8.74. The van der Waals surface area contributed by atoms with Gasteiger partial charge in [0.1, 0.15) is 0 Å². The second-order valence-electron chi connectivity index (χ2n) is 8.74. The number of likely N-dealkylation sites (tertiary alicyclic amines) is 1. The van der Waals surface area contributed by atoms with E-state index in [9.17, 15) is 0 Å². The van der Waals surface area contributed by atoms with Crippen LogP contribution in [0.3, 0.4) is 0 Å². The lowest BCUT2D eigenvalue weighted by Gasteiger charge is -2.41. The van der Waals surface area contributed by atoms with Gasteiger partial charge in [-0.2, -0.15) is 0 Å². The SMILES string of the molecule is CN=C(NCC1(NC(C)c2ccccc2)CCOCC1)N1CCC(COCCOC)C1.I. The summed E-state index contributed by atoms with van der Waals surface area (Å²) in [5.74, 6) is 1.53. The molecule has 1 aromatic rings. The number of hydrogen-bond acceptors (Lipinski definition) is 5. The number of nitrogens with zero attached hydrogens (tertiary/aromatic N) is 2. The molecule has 0 amide bonds. The lowest BCUT2D eigenvalue weighted by molar-refractivity contribution is 0.0352. The van der Waals surface area contributed by atoms with Gasteiger partial charge in [-0.15, -0.1) is 24.0 Å². The minimum atomic E-state index is -0.00810. The first-order valence-electron chi connectivity index (χ1n) is 11.6. The van der Waals surface area contributed by atoms with Gasteiger partial charge >= 0.3 is 0 Å². The molecule has 1 aromatic carbocycles. The lowest BCUT2D eigenvalue weighted by atomic mass is 9.88. The topological polar surface area (TPSA) is 67.4 Å². The molecule has 0 spiro atoms. The molecule has 2 N–H and O–H groups in total. The smallest absolute Gasteiger partial charge is 0.193 e. The highest BCUT2D eigenvalue weighted by molar-refractivity contribution is 14.0. The number of aliphatic imine (C=N–C) groups is 1. The molecule has 0 bridgehead atoms. The van der Waals surface area contributed by atoms with E-state index in [1.807, 2.05) is 7.05 Å². The molecule has 0 saturated carbocycles. The molecule has 182 valence electrons. The minimum absolute atomic E-state index is 0. The summed E-state index contributed by atoms with van der Waals surface area (Å²) in [5, 5.41) is 7.59. The summed E-state index contributed by atoms with van der Waals surface area (Å²) in [5.41, 5.74) is 1.31. The molecule has 2 fully saturated rings. The maximum Gasteiger partial charge on any atom is 0.193 e. The minimum Gasteiger partial charge on any atom is -0.382 e. The Balaban J connectivity index is 0.00000363. The predicted octanol–water partition coefficient (Wildman–Crippen LogP) is 3.06. The van der Waals surface area contributed by atoms with E-state index in [1.165, 1.54) is 5.56 Å². The van der Waals surface area contributed by atoms with Crippen molar-refractivity contribution in [2.75, 3.05) is 66.8 Å². The number of ether oxygens (including phenoxy) is 3. The third-order valence-electron chi connectivity index (χ3n) is 6.44. The van der Waals surface area contributed by atoms with Crippen molar-refractivity contribution in [3.8, 4) is 0 Å². The number of methoxy groups -OCH3 is 1. The van der Waals surface area contributed by atoms with Crippen LogP contribution in [0.15, 0.2) is 35.3 Å². The van der Waals surface area contributed by atoms with Gasteiger partial charge in [-0.05, 0) is 31.7 Å². The van der Waals surface area contributed by atoms with E-state index in [0.717, 1.165) is 64.7 Å². The molecule has 0 aromatic heterocycles. The van der Waals surface area contributed by atoms with Crippen LogP contribution in [0.4, 0.5) is 0 Å². The van der Waals surface area contributed by atoms with Crippen molar-refractivity contribution in [1.82, 2.24) is 15.5 Å². The summed E-state index contributed by atoms with van der Waals surface area (Å²) in [7, 11) is 3.58. The summed E-state index contributed by atoms with van der Waals surface area (Å²) >= 11 is 0. The van der Waals surface area contributed by atoms with Gasteiger partial charge in [0.05, 0.1) is 19.8 Å². The number of hydrogen-bond donors (Lipinski definition) is 2. The Bertz CT molecular complexity index is 670. The average Bonchev–Trinajstić information content (AvgIpc) is 3.27. The fourth-order valence-corrected chi connectivity index (χ4v) is 4.55. The fourth-order valence-electron chi connectivity index (χ4n) is 4.55. The summed E-state index contributed by atoms with van der Waals surface area (Å²) in [6.45, 7) is 8.77. The molecule has 32 heavy (non-hydrogen) atoms. The van der Waals surface area contributed by atoms with Gasteiger partial charge in [-0.1, -0.05) is 30.3 Å². The number of nitrogens with one attached hydrogen (secondary N) is 2. The van der Waals surface area contributed by atoms with Crippen molar-refractivity contribution in [2.45, 2.75) is 37.8 Å². The van der Waals surface area contributed by atoms with Crippen molar-refractivity contribution in [3.63, 3.8) is 0 Å². The van der Waals surface area contributed by atoms with Gasteiger partial charge in [-0.3, -0.25) is 4.99 Å². The predicted molar refractivity (Wildman–Crippen MR) is 140 cm³/mol. The summed E-state index contributed by atoms with van der Waals surface area (Å²) in [4.78, 5) is 6.94. The Hall–Kier alpha value is -0.940. The second kappa shape index (κ2) is 14.3. The van der Waals surface area contributed by atoms with Crippen molar-refractivity contribution in [3.05, 3.63) is 35.9 Å². The number of rotatable bonds is 10. The molecule has 7 nitrogen and oxygen atoms in total. The van der Waals surface area contributed by atoms with Crippen LogP contribution in [-0.4, -0.2) is 83.2 Å². The number of halogens is 1. The fraction of sp³-hybridized carbons (Fsp3) is 0.708. The van der Waals surface area contributed by atoms with Gasteiger partial charge < -0.3 is 29.7 Å². The van der Waals surface area contributed by atoms with Crippen LogP contribution in [0.1, 0.15) is 37.8 Å². The van der Waals surface area contributed by atoms with Gasteiger partial charge in [0, 0.05) is 64.5 Å². The van der Waals surface area contributed by atoms with Crippen LogP contribution in [0.2, 0.25) is 0 Å². The number of benzene rings is 1. The highest BCUT2D eigenvalue weighted by Crippen LogP contribution is 2.25. The van der Waals surface area contributed by atoms with Gasteiger partial charge in [0.25, 0.3) is 0 Å². The molecule has 2 heterocycles. The molecule has 2 saturated heterocycles. The Morgan fingerprint density at radius 2 is 2.00 bits per heavy atom. The first-order valence-corrected chi connectivity index (χ1v) is 11.6. The van der Waals surface area contributed by atoms with Gasteiger partial charge in [0.2, 0.25) is 0 Å². The van der Waals surface area contributed by atoms with E-state index in [-0.39, 0.29) is 35.6 Å². The molecule has 2 atom stereocenters. The third kappa shape index (κ3) is 8.13. The zero-order valence-corrected chi connectivity index (χ0v) is 22.2. The Morgan fingerprint density at radius 3 is 2.69 bits per heavy atom. The highest BCUT2D eigenvalue weighted by atomic mass is 127. The van der Waals surface area contributed by atoms with E-state index < -0.39 is 0 Å². The van der Waals surface area contributed by atoms with E-state index in [4.69, 9.17) is 14.2 Å². The maximum atomic E-state index is 5.74. The first kappa shape index (κ1) is 27.3. The van der Waals surface area contributed by atoms with Crippen molar-refractivity contribution in [1.29, 1.82) is 0 Å². The molecule has 8 heteroatoms. The van der Waals surface area contributed by atoms with Crippen LogP contribution in [0, 0.1) is 5.92 Å². The summed E-state index contributed by atoms with van der Waals surface area (Å²) in [6, 6.07) is 10.9. The molecular weight excluding hydrogens is 519 g/mol. The third-order valence-corrected chi connectivity index (χ3v) is 6.44. The molecule has 0 aliphatic carbocycles. The molecule has 2 aliphatic heterocycles. The monoisotopic (exact) mass is 560 g/mol. The van der Waals surface area contributed by atoms with Crippen LogP contribution in [-0.2, 0) is 14.2 Å². The molecule has 0 radical (unpaired) electrons. The molecular formula is C24H41IN4O3. The van der Waals surface area contributed by atoms with Crippen LogP contribution in [0.5, 0.6) is 0 Å². The molecule has 2 unspecified atom stereocenters. The quantitative estimate of drug-likeness (QED) is 0.199. The van der Waals surface area contributed by atoms with Crippen LogP contribution >= 0.6 is 24.0 Å². The Morgan fingerprint density at radius 1 is 1.25 bits per heavy atom. The standard InChI is InChI=1S/C24H40N4O3.HI/c1-20(22-7-5-4-6-8-22)27-24(10-13-30-14-11-24)19-26-23(25-2)28-12-9-21(17-28)18-31-16-15-29-3;/h4-8,20-21,27H,9-19H2,1-3H3,(H,25,26);1H. The average molecular weight is 561 g/mol. The maximum absolute atomic E-state index is 5.74. The molecule has 2 aliphatic rings. The van der Waals surface area contributed by atoms with Crippen molar-refractivity contribution < 1.29 is 14.2 Å². The number of guanidine groups is 1. The van der Waals surface area contributed by atoms with E-state index >= 15 is 0 Å². The zero-order chi connectivity index (χ0) is 21.9. The normalized spacial score (nSPS) is 21.8. The van der Waals surface area contributed by atoms with Crippen LogP contribution in [0.25, 0.3) is 0 Å². The van der Waals surface area contributed by atoms with Crippen molar-refractivity contribution >= 4 is 29.9 Å². The lowest BCUT2D eigenvalue weighted by Crippen LogP contribution is -2.58.